The average Bonchev–Trinajstić information content (AvgIpc) is 2.55. The largest absolute Gasteiger partial charge is 0.299 e. The highest BCUT2D eigenvalue weighted by Crippen LogP contribution is 2.39. The first-order valence-electron chi connectivity index (χ1n) is 5.32. The smallest absolute Gasteiger partial charge is 0.137 e. The van der Waals surface area contributed by atoms with E-state index in [0.717, 1.165) is 12.8 Å². The number of carbonyl (C=O) groups excluding carboxylic acids is 1. The molecule has 0 saturated carbocycles. The Kier molecular flexibility index (Phi) is 2.40. The minimum absolute atomic E-state index is 0.163. The number of ketones is 1. The van der Waals surface area contributed by atoms with Crippen LogP contribution in [0.15, 0.2) is 24.3 Å². The van der Waals surface area contributed by atoms with Crippen molar-refractivity contribution >= 4 is 5.78 Å². The first-order chi connectivity index (χ1) is 6.74. The Morgan fingerprint density at radius 2 is 2.14 bits per heavy atom. The lowest BCUT2D eigenvalue weighted by Gasteiger charge is -2.15. The quantitative estimate of drug-likeness (QED) is 0.697. The zero-order valence-corrected chi connectivity index (χ0v) is 8.79. The molecule has 0 spiro atoms. The van der Waals surface area contributed by atoms with Crippen molar-refractivity contribution in [3.63, 3.8) is 0 Å². The van der Waals surface area contributed by atoms with Crippen LogP contribution in [-0.4, -0.2) is 5.78 Å². The van der Waals surface area contributed by atoms with Crippen LogP contribution in [-0.2, 0) is 11.2 Å². The van der Waals surface area contributed by atoms with Gasteiger partial charge < -0.3 is 0 Å². The number of carbonyl (C=O) groups is 1. The molecule has 1 aromatic rings. The molecule has 0 heterocycles. The fourth-order valence-corrected chi connectivity index (χ4v) is 2.61. The highest BCUT2D eigenvalue weighted by atomic mass is 16.1. The average molecular weight is 188 g/mol. The van der Waals surface area contributed by atoms with E-state index in [2.05, 4.69) is 25.1 Å². The lowest BCUT2D eigenvalue weighted by Crippen LogP contribution is -2.14. The highest BCUT2D eigenvalue weighted by molar-refractivity contribution is 5.85. The summed E-state index contributed by atoms with van der Waals surface area (Å²) in [6.45, 7) is 3.89. The van der Waals surface area contributed by atoms with Crippen LogP contribution in [0.4, 0.5) is 0 Å². The van der Waals surface area contributed by atoms with Gasteiger partial charge in [-0.2, -0.15) is 0 Å². The number of fused-ring (bicyclic) bond motifs is 1. The predicted molar refractivity (Wildman–Crippen MR) is 57.3 cm³/mol. The maximum atomic E-state index is 11.6. The number of Topliss-reactive ketones (excluding diaryl/α,β-unsaturated/α-hetero) is 1. The third-order valence-corrected chi connectivity index (χ3v) is 3.31. The molecule has 0 bridgehead atoms. The number of hydrogen-bond acceptors (Lipinski definition) is 1. The van der Waals surface area contributed by atoms with Crippen LogP contribution in [0.3, 0.4) is 0 Å². The minimum atomic E-state index is 0.163. The Hall–Kier alpha value is -1.11. The standard InChI is InChI=1S/C13H16O/c1-3-10-8-11-6-4-5-7-12(11)13(10)9(2)14/h4-7,10,13H,3,8H2,1-2H3/t10-,13+/m1/s1. The van der Waals surface area contributed by atoms with Gasteiger partial charge in [0.25, 0.3) is 0 Å². The first-order valence-corrected chi connectivity index (χ1v) is 5.32. The Balaban J connectivity index is 2.42. The monoisotopic (exact) mass is 188 g/mol. The summed E-state index contributed by atoms with van der Waals surface area (Å²) in [7, 11) is 0. The molecular weight excluding hydrogens is 172 g/mol. The fraction of sp³-hybridized carbons (Fsp3) is 0.462. The van der Waals surface area contributed by atoms with Gasteiger partial charge in [-0.3, -0.25) is 4.79 Å². The molecule has 1 aromatic carbocycles. The third-order valence-electron chi connectivity index (χ3n) is 3.31. The summed E-state index contributed by atoms with van der Waals surface area (Å²) in [4.78, 5) is 11.6. The molecular formula is C13H16O. The SMILES string of the molecule is CC[C@@H]1Cc2ccccc2[C@H]1C(C)=O. The summed E-state index contributed by atoms with van der Waals surface area (Å²) in [6.07, 6.45) is 2.18. The Bertz CT molecular complexity index is 354. The summed E-state index contributed by atoms with van der Waals surface area (Å²) in [5.41, 5.74) is 2.64. The second kappa shape index (κ2) is 3.56. The first kappa shape index (κ1) is 9.45. The van der Waals surface area contributed by atoms with E-state index in [-0.39, 0.29) is 5.92 Å². The minimum Gasteiger partial charge on any atom is -0.299 e. The van der Waals surface area contributed by atoms with E-state index in [1.165, 1.54) is 11.1 Å². The predicted octanol–water partition coefficient (Wildman–Crippen LogP) is 2.94. The van der Waals surface area contributed by atoms with Gasteiger partial charge in [0.05, 0.1) is 0 Å². The van der Waals surface area contributed by atoms with E-state index in [4.69, 9.17) is 0 Å². The van der Waals surface area contributed by atoms with E-state index in [1.54, 1.807) is 6.92 Å². The molecule has 2 atom stereocenters. The molecule has 0 radical (unpaired) electrons. The van der Waals surface area contributed by atoms with Crippen molar-refractivity contribution in [2.45, 2.75) is 32.6 Å². The molecule has 0 fully saturated rings. The van der Waals surface area contributed by atoms with Crippen molar-refractivity contribution in [3.05, 3.63) is 35.4 Å². The van der Waals surface area contributed by atoms with Crippen molar-refractivity contribution in [3.8, 4) is 0 Å². The Labute approximate surface area is 85.1 Å². The lowest BCUT2D eigenvalue weighted by atomic mass is 9.88. The molecule has 1 heteroatoms. The third kappa shape index (κ3) is 1.37. The topological polar surface area (TPSA) is 17.1 Å². The number of hydrogen-bond donors (Lipinski definition) is 0. The summed E-state index contributed by atoms with van der Waals surface area (Å²) >= 11 is 0. The zero-order valence-electron chi connectivity index (χ0n) is 8.79. The van der Waals surface area contributed by atoms with Crippen LogP contribution in [0.2, 0.25) is 0 Å². The Morgan fingerprint density at radius 3 is 2.79 bits per heavy atom. The van der Waals surface area contributed by atoms with Crippen molar-refractivity contribution < 1.29 is 4.79 Å². The maximum Gasteiger partial charge on any atom is 0.137 e. The van der Waals surface area contributed by atoms with Crippen LogP contribution in [0.5, 0.6) is 0 Å². The summed E-state index contributed by atoms with van der Waals surface area (Å²) in [5, 5.41) is 0. The molecule has 1 nitrogen and oxygen atoms in total. The Morgan fingerprint density at radius 1 is 1.43 bits per heavy atom. The van der Waals surface area contributed by atoms with Crippen molar-refractivity contribution in [2.24, 2.45) is 5.92 Å². The molecule has 0 amide bonds. The van der Waals surface area contributed by atoms with Crippen LogP contribution in [0.1, 0.15) is 37.3 Å². The van der Waals surface area contributed by atoms with Gasteiger partial charge in [-0.1, -0.05) is 37.6 Å². The zero-order chi connectivity index (χ0) is 10.1. The number of benzene rings is 1. The molecule has 0 aromatic heterocycles. The van der Waals surface area contributed by atoms with Crippen LogP contribution in [0, 0.1) is 5.92 Å². The van der Waals surface area contributed by atoms with Gasteiger partial charge in [-0.15, -0.1) is 0 Å². The molecule has 2 rings (SSSR count). The second-order valence-electron chi connectivity index (χ2n) is 4.16. The van der Waals surface area contributed by atoms with E-state index in [9.17, 15) is 4.79 Å². The molecule has 0 saturated heterocycles. The molecule has 74 valence electrons. The van der Waals surface area contributed by atoms with Gasteiger partial charge in [0.15, 0.2) is 0 Å². The van der Waals surface area contributed by atoms with Crippen LogP contribution < -0.4 is 0 Å². The van der Waals surface area contributed by atoms with Gasteiger partial charge >= 0.3 is 0 Å². The van der Waals surface area contributed by atoms with Gasteiger partial charge in [0.1, 0.15) is 5.78 Å². The van der Waals surface area contributed by atoms with E-state index < -0.39 is 0 Å². The lowest BCUT2D eigenvalue weighted by molar-refractivity contribution is -0.119. The van der Waals surface area contributed by atoms with E-state index >= 15 is 0 Å². The van der Waals surface area contributed by atoms with Crippen molar-refractivity contribution in [1.82, 2.24) is 0 Å². The van der Waals surface area contributed by atoms with Crippen molar-refractivity contribution in [2.75, 3.05) is 0 Å². The molecule has 0 unspecified atom stereocenters. The van der Waals surface area contributed by atoms with Gasteiger partial charge in [-0.05, 0) is 30.4 Å². The fourth-order valence-electron chi connectivity index (χ4n) is 2.61. The summed E-state index contributed by atoms with van der Waals surface area (Å²) < 4.78 is 0. The summed E-state index contributed by atoms with van der Waals surface area (Å²) in [6, 6.07) is 8.36. The van der Waals surface area contributed by atoms with Crippen molar-refractivity contribution in [1.29, 1.82) is 0 Å². The molecule has 14 heavy (non-hydrogen) atoms. The maximum absolute atomic E-state index is 11.6. The molecule has 1 aliphatic rings. The molecule has 1 aliphatic carbocycles. The van der Waals surface area contributed by atoms with E-state index in [0.29, 0.717) is 11.7 Å². The number of rotatable bonds is 2. The summed E-state index contributed by atoms with van der Waals surface area (Å²) in [5.74, 6) is 1.02. The van der Waals surface area contributed by atoms with Crippen LogP contribution >= 0.6 is 0 Å². The normalized spacial score (nSPS) is 24.7. The second-order valence-corrected chi connectivity index (χ2v) is 4.16. The molecule has 0 N–H and O–H groups in total. The highest BCUT2D eigenvalue weighted by Gasteiger charge is 2.33. The van der Waals surface area contributed by atoms with Gasteiger partial charge in [0, 0.05) is 5.92 Å². The van der Waals surface area contributed by atoms with Gasteiger partial charge in [0.2, 0.25) is 0 Å². The van der Waals surface area contributed by atoms with Gasteiger partial charge in [-0.25, -0.2) is 0 Å². The molecule has 0 aliphatic heterocycles. The van der Waals surface area contributed by atoms with Crippen LogP contribution in [0.25, 0.3) is 0 Å². The van der Waals surface area contributed by atoms with E-state index in [1.807, 2.05) is 6.07 Å².